The first-order chi connectivity index (χ1) is 7.36. The summed E-state index contributed by atoms with van der Waals surface area (Å²) < 4.78 is 5.32. The van der Waals surface area contributed by atoms with E-state index < -0.39 is 0 Å². The van der Waals surface area contributed by atoms with Crippen LogP contribution in [-0.2, 0) is 4.74 Å². The van der Waals surface area contributed by atoms with Crippen LogP contribution in [0.5, 0.6) is 0 Å². The van der Waals surface area contributed by atoms with E-state index in [1.807, 2.05) is 6.07 Å². The topological polar surface area (TPSA) is 12.5 Å². The average molecular weight is 203 g/mol. The fourth-order valence-corrected chi connectivity index (χ4v) is 1.76. The Kier molecular flexibility index (Phi) is 3.41. The van der Waals surface area contributed by atoms with Crippen molar-refractivity contribution in [3.05, 3.63) is 42.1 Å². The molecule has 0 aliphatic carbocycles. The van der Waals surface area contributed by atoms with Gasteiger partial charge in [0.2, 0.25) is 0 Å². The predicted molar refractivity (Wildman–Crippen MR) is 62.5 cm³/mol. The van der Waals surface area contributed by atoms with Crippen molar-refractivity contribution in [2.24, 2.45) is 0 Å². The quantitative estimate of drug-likeness (QED) is 0.731. The van der Waals surface area contributed by atoms with E-state index in [2.05, 4.69) is 42.3 Å². The maximum absolute atomic E-state index is 5.32. The smallest absolute Gasteiger partial charge is 0.0642 e. The van der Waals surface area contributed by atoms with E-state index in [0.717, 1.165) is 26.3 Å². The van der Waals surface area contributed by atoms with E-state index in [4.69, 9.17) is 4.74 Å². The molecule has 0 spiro atoms. The fraction of sp³-hybridized carbons (Fsp3) is 0.385. The molecule has 1 aromatic carbocycles. The Balaban J connectivity index is 2.06. The van der Waals surface area contributed by atoms with Gasteiger partial charge in [-0.3, -0.25) is 0 Å². The number of morpholine rings is 1. The summed E-state index contributed by atoms with van der Waals surface area (Å²) in [5, 5.41) is 0. The van der Waals surface area contributed by atoms with Gasteiger partial charge in [-0.25, -0.2) is 0 Å². The summed E-state index contributed by atoms with van der Waals surface area (Å²) in [7, 11) is 0. The van der Waals surface area contributed by atoms with Crippen LogP contribution in [0.15, 0.2) is 36.5 Å². The van der Waals surface area contributed by atoms with Crippen molar-refractivity contribution in [3.63, 3.8) is 0 Å². The predicted octanol–water partition coefficient (Wildman–Crippen LogP) is 2.38. The lowest BCUT2D eigenvalue weighted by molar-refractivity contribution is 0.0596. The molecule has 2 heteroatoms. The second-order valence-electron chi connectivity index (χ2n) is 3.83. The molecular formula is C13H17NO. The molecule has 0 saturated carbocycles. The molecule has 1 aliphatic heterocycles. The van der Waals surface area contributed by atoms with Crippen LogP contribution < -0.4 is 0 Å². The maximum atomic E-state index is 5.32. The van der Waals surface area contributed by atoms with Crippen molar-refractivity contribution in [2.75, 3.05) is 26.3 Å². The molecule has 1 aromatic rings. The normalized spacial score (nSPS) is 17.9. The molecule has 0 N–H and O–H groups in total. The van der Waals surface area contributed by atoms with Gasteiger partial charge < -0.3 is 9.64 Å². The maximum Gasteiger partial charge on any atom is 0.0642 e. The molecule has 0 amide bonds. The minimum absolute atomic E-state index is 0.846. The number of hydrogen-bond acceptors (Lipinski definition) is 2. The Morgan fingerprint density at radius 1 is 1.20 bits per heavy atom. The molecule has 1 aliphatic rings. The molecule has 15 heavy (non-hydrogen) atoms. The van der Waals surface area contributed by atoms with Crippen molar-refractivity contribution >= 4 is 5.57 Å². The summed E-state index contributed by atoms with van der Waals surface area (Å²) >= 11 is 0. The van der Waals surface area contributed by atoms with Gasteiger partial charge >= 0.3 is 0 Å². The van der Waals surface area contributed by atoms with Crippen molar-refractivity contribution in [1.29, 1.82) is 0 Å². The first-order valence-corrected chi connectivity index (χ1v) is 5.42. The van der Waals surface area contributed by atoms with E-state index in [1.165, 1.54) is 11.1 Å². The number of rotatable bonds is 2. The molecule has 2 rings (SSSR count). The van der Waals surface area contributed by atoms with Crippen LogP contribution in [0.2, 0.25) is 0 Å². The zero-order valence-corrected chi connectivity index (χ0v) is 9.15. The van der Waals surface area contributed by atoms with Gasteiger partial charge in [0.1, 0.15) is 0 Å². The summed E-state index contributed by atoms with van der Waals surface area (Å²) in [6.07, 6.45) is 2.23. The lowest BCUT2D eigenvalue weighted by atomic mass is 10.1. The molecular weight excluding hydrogens is 186 g/mol. The molecule has 1 fully saturated rings. The Labute approximate surface area is 91.2 Å². The number of nitrogens with zero attached hydrogens (tertiary/aromatic N) is 1. The average Bonchev–Trinajstić information content (AvgIpc) is 2.31. The second-order valence-corrected chi connectivity index (χ2v) is 3.83. The fourth-order valence-electron chi connectivity index (χ4n) is 1.76. The van der Waals surface area contributed by atoms with Gasteiger partial charge in [-0.15, -0.1) is 0 Å². The molecule has 1 heterocycles. The molecule has 1 saturated heterocycles. The third kappa shape index (κ3) is 2.83. The first-order valence-electron chi connectivity index (χ1n) is 5.42. The Bertz CT molecular complexity index is 326. The highest BCUT2D eigenvalue weighted by molar-refractivity contribution is 5.63. The monoisotopic (exact) mass is 203 g/mol. The summed E-state index contributed by atoms with van der Waals surface area (Å²) in [5.41, 5.74) is 2.61. The number of ether oxygens (including phenoxy) is 1. The summed E-state index contributed by atoms with van der Waals surface area (Å²) in [6, 6.07) is 10.5. The molecule has 0 bridgehead atoms. The number of hydrogen-bond donors (Lipinski definition) is 0. The lowest BCUT2D eigenvalue weighted by Crippen LogP contribution is -2.32. The number of allylic oxidation sites excluding steroid dienone is 1. The highest BCUT2D eigenvalue weighted by Gasteiger charge is 2.06. The third-order valence-electron chi connectivity index (χ3n) is 2.65. The van der Waals surface area contributed by atoms with Crippen LogP contribution in [-0.4, -0.2) is 31.2 Å². The highest BCUT2D eigenvalue weighted by atomic mass is 16.5. The van der Waals surface area contributed by atoms with Crippen LogP contribution in [0.3, 0.4) is 0 Å². The van der Waals surface area contributed by atoms with Crippen molar-refractivity contribution in [2.45, 2.75) is 6.92 Å². The van der Waals surface area contributed by atoms with Crippen LogP contribution in [0.1, 0.15) is 12.5 Å². The van der Waals surface area contributed by atoms with Crippen molar-refractivity contribution < 1.29 is 4.74 Å². The minimum atomic E-state index is 0.846. The highest BCUT2D eigenvalue weighted by Crippen LogP contribution is 2.14. The largest absolute Gasteiger partial charge is 0.378 e. The Morgan fingerprint density at radius 2 is 1.87 bits per heavy atom. The van der Waals surface area contributed by atoms with Gasteiger partial charge in [-0.2, -0.15) is 0 Å². The van der Waals surface area contributed by atoms with E-state index in [9.17, 15) is 0 Å². The van der Waals surface area contributed by atoms with Gasteiger partial charge in [0.15, 0.2) is 0 Å². The van der Waals surface area contributed by atoms with Crippen LogP contribution in [0.4, 0.5) is 0 Å². The van der Waals surface area contributed by atoms with E-state index in [0.29, 0.717) is 0 Å². The van der Waals surface area contributed by atoms with Gasteiger partial charge in [0, 0.05) is 19.3 Å². The summed E-state index contributed by atoms with van der Waals surface area (Å²) in [6.45, 7) is 5.86. The van der Waals surface area contributed by atoms with E-state index in [1.54, 1.807) is 0 Å². The van der Waals surface area contributed by atoms with Gasteiger partial charge in [-0.05, 0) is 18.1 Å². The molecule has 2 nitrogen and oxygen atoms in total. The molecule has 0 aromatic heterocycles. The third-order valence-corrected chi connectivity index (χ3v) is 2.65. The number of benzene rings is 1. The van der Waals surface area contributed by atoms with Crippen LogP contribution in [0, 0.1) is 0 Å². The summed E-state index contributed by atoms with van der Waals surface area (Å²) in [4.78, 5) is 2.33. The molecule has 0 unspecified atom stereocenters. The van der Waals surface area contributed by atoms with Crippen molar-refractivity contribution in [1.82, 2.24) is 4.90 Å². The van der Waals surface area contributed by atoms with Gasteiger partial charge in [-0.1, -0.05) is 30.3 Å². The standard InChI is InChI=1S/C13H17NO/c1-12(13-5-3-2-4-6-13)11-14-7-9-15-10-8-14/h2-6,11H,7-10H2,1H3/b12-11-. The van der Waals surface area contributed by atoms with Crippen molar-refractivity contribution in [3.8, 4) is 0 Å². The Morgan fingerprint density at radius 3 is 2.53 bits per heavy atom. The minimum Gasteiger partial charge on any atom is -0.378 e. The van der Waals surface area contributed by atoms with Gasteiger partial charge in [0.25, 0.3) is 0 Å². The second kappa shape index (κ2) is 4.99. The zero-order chi connectivity index (χ0) is 10.5. The SMILES string of the molecule is C/C(=C/N1CCOCC1)c1ccccc1. The van der Waals surface area contributed by atoms with Gasteiger partial charge in [0.05, 0.1) is 13.2 Å². The van der Waals surface area contributed by atoms with Crippen LogP contribution in [0.25, 0.3) is 5.57 Å². The first kappa shape index (κ1) is 10.2. The summed E-state index contributed by atoms with van der Waals surface area (Å²) in [5.74, 6) is 0. The van der Waals surface area contributed by atoms with E-state index >= 15 is 0 Å². The van der Waals surface area contributed by atoms with Crippen LogP contribution >= 0.6 is 0 Å². The lowest BCUT2D eigenvalue weighted by Gasteiger charge is -2.26. The molecule has 0 atom stereocenters. The van der Waals surface area contributed by atoms with E-state index in [-0.39, 0.29) is 0 Å². The zero-order valence-electron chi connectivity index (χ0n) is 9.15. The Hall–Kier alpha value is -1.28. The molecule has 0 radical (unpaired) electrons. The molecule has 80 valence electrons.